The molecule has 25 heavy (non-hydrogen) atoms. The van der Waals surface area contributed by atoms with Gasteiger partial charge in [0.1, 0.15) is 12.2 Å². The van der Waals surface area contributed by atoms with E-state index in [2.05, 4.69) is 25.4 Å². The van der Waals surface area contributed by atoms with E-state index in [1.165, 1.54) is 38.5 Å². The monoisotopic (exact) mass is 343 g/mol. The molecule has 6 nitrogen and oxygen atoms in total. The zero-order valence-corrected chi connectivity index (χ0v) is 14.9. The Labute approximate surface area is 149 Å². The van der Waals surface area contributed by atoms with Crippen molar-refractivity contribution in [3.63, 3.8) is 0 Å². The number of amides is 1. The minimum atomic E-state index is 0.209. The lowest BCUT2D eigenvalue weighted by atomic mass is 9.54. The maximum atomic E-state index is 12.8. The predicted octanol–water partition coefficient (Wildman–Crippen LogP) is 2.27. The summed E-state index contributed by atoms with van der Waals surface area (Å²) >= 11 is 0. The van der Waals surface area contributed by atoms with Gasteiger partial charge in [0.2, 0.25) is 5.91 Å². The van der Waals surface area contributed by atoms with Crippen LogP contribution in [-0.2, 0) is 4.79 Å². The van der Waals surface area contributed by atoms with Gasteiger partial charge < -0.3 is 5.32 Å². The number of carbonyl (C=O) groups excluding carboxylic acids is 1. The van der Waals surface area contributed by atoms with Crippen molar-refractivity contribution in [3.8, 4) is 0 Å². The lowest BCUT2D eigenvalue weighted by molar-refractivity contribution is -0.127. The number of aromatic nitrogens is 3. The molecule has 1 aliphatic heterocycles. The van der Waals surface area contributed by atoms with Gasteiger partial charge in [-0.2, -0.15) is 5.10 Å². The standard InChI is InChI=1S/C19H29N5O/c25-17(10-24-4-2-1-3-16(24)19-20-11-21-23-19)22-18-14-6-12-5-13(8-14)9-15(18)7-12/h11-16,18H,1-10H2,(H,22,25)(H,20,21,23). The molecule has 0 radical (unpaired) electrons. The van der Waals surface area contributed by atoms with E-state index in [4.69, 9.17) is 0 Å². The van der Waals surface area contributed by atoms with Gasteiger partial charge in [-0.15, -0.1) is 0 Å². The molecule has 5 fully saturated rings. The van der Waals surface area contributed by atoms with E-state index in [9.17, 15) is 4.79 Å². The van der Waals surface area contributed by atoms with Crippen molar-refractivity contribution in [2.75, 3.05) is 13.1 Å². The predicted molar refractivity (Wildman–Crippen MR) is 93.5 cm³/mol. The van der Waals surface area contributed by atoms with E-state index >= 15 is 0 Å². The quantitative estimate of drug-likeness (QED) is 0.879. The maximum Gasteiger partial charge on any atom is 0.234 e. The summed E-state index contributed by atoms with van der Waals surface area (Å²) in [5, 5.41) is 10.4. The molecule has 4 saturated carbocycles. The van der Waals surface area contributed by atoms with Crippen LogP contribution < -0.4 is 5.32 Å². The second-order valence-electron chi connectivity index (χ2n) is 8.88. The van der Waals surface area contributed by atoms with Crippen LogP contribution >= 0.6 is 0 Å². The first kappa shape index (κ1) is 15.8. The first-order valence-electron chi connectivity index (χ1n) is 10.1. The van der Waals surface area contributed by atoms with Crippen molar-refractivity contribution in [3.05, 3.63) is 12.2 Å². The Morgan fingerprint density at radius 3 is 2.60 bits per heavy atom. The number of likely N-dealkylation sites (tertiary alicyclic amines) is 1. The maximum absolute atomic E-state index is 12.8. The number of aromatic amines is 1. The van der Waals surface area contributed by atoms with Gasteiger partial charge in [-0.05, 0) is 75.2 Å². The zero-order chi connectivity index (χ0) is 16.8. The number of carbonyl (C=O) groups is 1. The SMILES string of the molecule is O=C(CN1CCCCC1c1ncn[nH]1)NC1C2CC3CC(C2)CC1C3. The summed E-state index contributed by atoms with van der Waals surface area (Å²) in [5.41, 5.74) is 0. The molecule has 6 rings (SSSR count). The largest absolute Gasteiger partial charge is 0.352 e. The van der Waals surface area contributed by atoms with Crippen molar-refractivity contribution >= 4 is 5.91 Å². The van der Waals surface area contributed by atoms with Gasteiger partial charge in [0.25, 0.3) is 0 Å². The topological polar surface area (TPSA) is 73.9 Å². The number of piperidine rings is 1. The fourth-order valence-corrected chi connectivity index (χ4v) is 6.44. The average molecular weight is 343 g/mol. The molecular formula is C19H29N5O. The van der Waals surface area contributed by atoms with Gasteiger partial charge in [-0.3, -0.25) is 14.8 Å². The summed E-state index contributed by atoms with van der Waals surface area (Å²) in [4.78, 5) is 19.4. The minimum absolute atomic E-state index is 0.209. The molecule has 0 aromatic carbocycles. The van der Waals surface area contributed by atoms with Crippen LogP contribution in [0.4, 0.5) is 0 Å². The van der Waals surface area contributed by atoms with Crippen molar-refractivity contribution in [2.24, 2.45) is 23.7 Å². The molecule has 6 heteroatoms. The Morgan fingerprint density at radius 1 is 1.16 bits per heavy atom. The van der Waals surface area contributed by atoms with Gasteiger partial charge in [0, 0.05) is 6.04 Å². The molecule has 4 bridgehead atoms. The van der Waals surface area contributed by atoms with Crippen LogP contribution in [0.3, 0.4) is 0 Å². The molecule has 1 atom stereocenters. The number of rotatable bonds is 4. The number of nitrogens with one attached hydrogen (secondary N) is 2. The molecule has 2 heterocycles. The molecule has 1 amide bonds. The second kappa shape index (κ2) is 6.38. The highest BCUT2D eigenvalue weighted by Gasteiger charge is 2.48. The molecule has 1 aromatic rings. The highest BCUT2D eigenvalue weighted by atomic mass is 16.2. The Morgan fingerprint density at radius 2 is 1.92 bits per heavy atom. The number of H-pyrrole nitrogens is 1. The Bertz CT molecular complexity index is 587. The second-order valence-corrected chi connectivity index (χ2v) is 8.88. The minimum Gasteiger partial charge on any atom is -0.352 e. The molecule has 0 spiro atoms. The van der Waals surface area contributed by atoms with E-state index in [1.807, 2.05) is 0 Å². The molecule has 2 N–H and O–H groups in total. The Kier molecular flexibility index (Phi) is 4.03. The highest BCUT2D eigenvalue weighted by molar-refractivity contribution is 5.78. The van der Waals surface area contributed by atoms with E-state index in [-0.39, 0.29) is 11.9 Å². The number of nitrogens with zero attached hydrogens (tertiary/aromatic N) is 3. The lowest BCUT2D eigenvalue weighted by Crippen LogP contribution is -2.57. The van der Waals surface area contributed by atoms with Gasteiger partial charge >= 0.3 is 0 Å². The molecule has 1 unspecified atom stereocenters. The fourth-order valence-electron chi connectivity index (χ4n) is 6.44. The van der Waals surface area contributed by atoms with Gasteiger partial charge in [0.05, 0.1) is 12.6 Å². The third-order valence-corrected chi connectivity index (χ3v) is 7.26. The zero-order valence-electron chi connectivity index (χ0n) is 14.9. The highest BCUT2D eigenvalue weighted by Crippen LogP contribution is 2.53. The van der Waals surface area contributed by atoms with Crippen LogP contribution in [-0.4, -0.2) is 45.1 Å². The van der Waals surface area contributed by atoms with Crippen molar-refractivity contribution in [1.82, 2.24) is 25.4 Å². The normalized spacial score (nSPS) is 40.3. The molecule has 4 aliphatic carbocycles. The fraction of sp³-hybridized carbons (Fsp3) is 0.842. The summed E-state index contributed by atoms with van der Waals surface area (Å²) in [6, 6.07) is 0.648. The molecule has 136 valence electrons. The smallest absolute Gasteiger partial charge is 0.234 e. The van der Waals surface area contributed by atoms with E-state index in [1.54, 1.807) is 6.33 Å². The average Bonchev–Trinajstić information content (AvgIpc) is 3.12. The Balaban J connectivity index is 1.23. The lowest BCUT2D eigenvalue weighted by Gasteiger charge is -2.54. The van der Waals surface area contributed by atoms with E-state index < -0.39 is 0 Å². The molecular weight excluding hydrogens is 314 g/mol. The van der Waals surface area contributed by atoms with Crippen LogP contribution in [0.5, 0.6) is 0 Å². The van der Waals surface area contributed by atoms with Crippen LogP contribution in [0.25, 0.3) is 0 Å². The van der Waals surface area contributed by atoms with Crippen LogP contribution in [0, 0.1) is 23.7 Å². The third kappa shape index (κ3) is 2.98. The van der Waals surface area contributed by atoms with Crippen LogP contribution in [0.1, 0.15) is 63.2 Å². The van der Waals surface area contributed by atoms with Crippen molar-refractivity contribution < 1.29 is 4.79 Å². The molecule has 1 saturated heterocycles. The van der Waals surface area contributed by atoms with Gasteiger partial charge in [-0.1, -0.05) is 6.42 Å². The molecule has 5 aliphatic rings. The Hall–Kier alpha value is -1.43. The number of hydrogen-bond acceptors (Lipinski definition) is 4. The van der Waals surface area contributed by atoms with Gasteiger partial charge in [0.15, 0.2) is 0 Å². The summed E-state index contributed by atoms with van der Waals surface area (Å²) in [7, 11) is 0. The van der Waals surface area contributed by atoms with Crippen LogP contribution in [0.2, 0.25) is 0 Å². The first-order valence-corrected chi connectivity index (χ1v) is 10.1. The summed E-state index contributed by atoms with van der Waals surface area (Å²) in [6.07, 6.45) is 11.8. The van der Waals surface area contributed by atoms with Crippen LogP contribution in [0.15, 0.2) is 6.33 Å². The number of hydrogen-bond donors (Lipinski definition) is 2. The van der Waals surface area contributed by atoms with E-state index in [0.717, 1.165) is 48.9 Å². The van der Waals surface area contributed by atoms with E-state index in [0.29, 0.717) is 12.6 Å². The molecule has 1 aromatic heterocycles. The third-order valence-electron chi connectivity index (χ3n) is 7.26. The van der Waals surface area contributed by atoms with Crippen molar-refractivity contribution in [1.29, 1.82) is 0 Å². The summed E-state index contributed by atoms with van der Waals surface area (Å²) in [5.74, 6) is 4.51. The summed E-state index contributed by atoms with van der Waals surface area (Å²) < 4.78 is 0. The van der Waals surface area contributed by atoms with Gasteiger partial charge in [-0.25, -0.2) is 4.98 Å². The summed E-state index contributed by atoms with van der Waals surface area (Å²) in [6.45, 7) is 1.47. The van der Waals surface area contributed by atoms with Crippen molar-refractivity contribution in [2.45, 2.75) is 63.5 Å². The first-order chi connectivity index (χ1) is 12.3.